The molecule has 0 heterocycles. The zero-order chi connectivity index (χ0) is 14.6. The molecule has 0 fully saturated rings. The van der Waals surface area contributed by atoms with Crippen LogP contribution in [0.1, 0.15) is 44.1 Å². The first-order valence-electron chi connectivity index (χ1n) is 7.33. The van der Waals surface area contributed by atoms with Gasteiger partial charge >= 0.3 is 0 Å². The largest absolute Gasteiger partial charge is 0.493 e. The first-order valence-corrected chi connectivity index (χ1v) is 7.33. The second-order valence-corrected chi connectivity index (χ2v) is 4.84. The van der Waals surface area contributed by atoms with Gasteiger partial charge in [-0.15, -0.1) is 0 Å². The van der Waals surface area contributed by atoms with Crippen molar-refractivity contribution in [1.29, 1.82) is 0 Å². The van der Waals surface area contributed by atoms with Crippen molar-refractivity contribution in [3.05, 3.63) is 23.8 Å². The molecule has 0 amide bonds. The lowest BCUT2D eigenvalue weighted by molar-refractivity contribution is 0.272. The number of aliphatic hydroxyl groups is 2. The lowest BCUT2D eigenvalue weighted by atomic mass is 10.1. The van der Waals surface area contributed by atoms with E-state index in [4.69, 9.17) is 19.7 Å². The Morgan fingerprint density at radius 3 is 2.25 bits per heavy atom. The summed E-state index contributed by atoms with van der Waals surface area (Å²) in [5, 5.41) is 17.7. The average molecular weight is 282 g/mol. The standard InChI is InChI=1S/C16H26O4/c1-19-16-12-14(13-18)8-9-15(16)20-11-7-5-3-2-4-6-10-17/h8-9,12,17-18H,2-7,10-11,13H2,1H3. The van der Waals surface area contributed by atoms with Crippen LogP contribution in [0.15, 0.2) is 18.2 Å². The predicted octanol–water partition coefficient (Wildman–Crippen LogP) is 2.90. The minimum atomic E-state index is 0.00444. The minimum absolute atomic E-state index is 0.00444. The molecule has 20 heavy (non-hydrogen) atoms. The van der Waals surface area contributed by atoms with E-state index < -0.39 is 0 Å². The smallest absolute Gasteiger partial charge is 0.161 e. The van der Waals surface area contributed by atoms with Gasteiger partial charge in [-0.3, -0.25) is 0 Å². The maximum atomic E-state index is 9.07. The van der Waals surface area contributed by atoms with Crippen molar-refractivity contribution in [2.45, 2.75) is 45.1 Å². The number of hydrogen-bond acceptors (Lipinski definition) is 4. The molecule has 0 saturated heterocycles. The van der Waals surface area contributed by atoms with Crippen LogP contribution in [0, 0.1) is 0 Å². The Morgan fingerprint density at radius 2 is 1.60 bits per heavy atom. The Labute approximate surface area is 121 Å². The highest BCUT2D eigenvalue weighted by molar-refractivity contribution is 5.42. The fourth-order valence-corrected chi connectivity index (χ4v) is 2.03. The van der Waals surface area contributed by atoms with Crippen molar-refractivity contribution >= 4 is 0 Å². The quantitative estimate of drug-likeness (QED) is 0.613. The molecule has 1 rings (SSSR count). The van der Waals surface area contributed by atoms with E-state index in [0.29, 0.717) is 19.0 Å². The van der Waals surface area contributed by atoms with Crippen LogP contribution in [0.4, 0.5) is 0 Å². The van der Waals surface area contributed by atoms with Crippen LogP contribution < -0.4 is 9.47 Å². The monoisotopic (exact) mass is 282 g/mol. The van der Waals surface area contributed by atoms with Gasteiger partial charge in [0.05, 0.1) is 20.3 Å². The van der Waals surface area contributed by atoms with Gasteiger partial charge in [0, 0.05) is 6.61 Å². The number of hydrogen-bond donors (Lipinski definition) is 2. The molecule has 0 radical (unpaired) electrons. The van der Waals surface area contributed by atoms with Crippen molar-refractivity contribution in [2.75, 3.05) is 20.3 Å². The van der Waals surface area contributed by atoms with Gasteiger partial charge < -0.3 is 19.7 Å². The number of rotatable bonds is 11. The van der Waals surface area contributed by atoms with Crippen molar-refractivity contribution in [3.8, 4) is 11.5 Å². The zero-order valence-electron chi connectivity index (χ0n) is 12.3. The fraction of sp³-hybridized carbons (Fsp3) is 0.625. The highest BCUT2D eigenvalue weighted by Gasteiger charge is 2.05. The highest BCUT2D eigenvalue weighted by atomic mass is 16.5. The van der Waals surface area contributed by atoms with Crippen molar-refractivity contribution in [3.63, 3.8) is 0 Å². The maximum absolute atomic E-state index is 9.07. The van der Waals surface area contributed by atoms with Gasteiger partial charge in [-0.25, -0.2) is 0 Å². The second kappa shape index (κ2) is 10.5. The summed E-state index contributed by atoms with van der Waals surface area (Å²) < 4.78 is 11.0. The number of aliphatic hydroxyl groups excluding tert-OH is 2. The molecule has 0 aliphatic heterocycles. The summed E-state index contributed by atoms with van der Waals surface area (Å²) in [6, 6.07) is 5.47. The van der Waals surface area contributed by atoms with Crippen LogP contribution in [0.25, 0.3) is 0 Å². The number of unbranched alkanes of at least 4 members (excludes halogenated alkanes) is 5. The summed E-state index contributed by atoms with van der Waals surface area (Å²) >= 11 is 0. The van der Waals surface area contributed by atoms with Crippen LogP contribution in [0.3, 0.4) is 0 Å². The minimum Gasteiger partial charge on any atom is -0.493 e. The number of ether oxygens (including phenoxy) is 2. The van der Waals surface area contributed by atoms with Gasteiger partial charge in [0.1, 0.15) is 0 Å². The molecular formula is C16H26O4. The molecule has 1 aromatic carbocycles. The molecule has 0 aliphatic rings. The predicted molar refractivity (Wildman–Crippen MR) is 79.2 cm³/mol. The molecule has 0 spiro atoms. The molecule has 0 unspecified atom stereocenters. The van der Waals surface area contributed by atoms with Gasteiger partial charge in [0.25, 0.3) is 0 Å². The van der Waals surface area contributed by atoms with Gasteiger partial charge in [-0.05, 0) is 30.5 Å². The van der Waals surface area contributed by atoms with Gasteiger partial charge in [0.2, 0.25) is 0 Å². The fourth-order valence-electron chi connectivity index (χ4n) is 2.03. The Balaban J connectivity index is 2.21. The first-order chi connectivity index (χ1) is 9.81. The molecule has 1 aromatic rings. The summed E-state index contributed by atoms with van der Waals surface area (Å²) in [4.78, 5) is 0. The third kappa shape index (κ3) is 6.26. The Kier molecular flexibility index (Phi) is 8.83. The Bertz CT molecular complexity index is 365. The van der Waals surface area contributed by atoms with Crippen LogP contribution in [-0.2, 0) is 6.61 Å². The summed E-state index contributed by atoms with van der Waals surface area (Å²) in [5.41, 5.74) is 0.818. The van der Waals surface area contributed by atoms with E-state index in [0.717, 1.165) is 37.0 Å². The summed E-state index contributed by atoms with van der Waals surface area (Å²) in [6.45, 7) is 0.978. The van der Waals surface area contributed by atoms with Crippen molar-refractivity contribution in [1.82, 2.24) is 0 Å². The van der Waals surface area contributed by atoms with Gasteiger partial charge in [0.15, 0.2) is 11.5 Å². The summed E-state index contributed by atoms with van der Waals surface area (Å²) in [5.74, 6) is 1.39. The molecule has 0 atom stereocenters. The van der Waals surface area contributed by atoms with Crippen LogP contribution in [-0.4, -0.2) is 30.5 Å². The van der Waals surface area contributed by atoms with E-state index in [1.165, 1.54) is 12.8 Å². The molecule has 0 aliphatic carbocycles. The first kappa shape index (κ1) is 16.8. The normalized spacial score (nSPS) is 10.6. The van der Waals surface area contributed by atoms with E-state index in [-0.39, 0.29) is 6.61 Å². The summed E-state index contributed by atoms with van der Waals surface area (Å²) in [7, 11) is 1.60. The molecule has 0 bridgehead atoms. The molecule has 2 N–H and O–H groups in total. The lowest BCUT2D eigenvalue weighted by Gasteiger charge is -2.11. The molecule has 114 valence electrons. The topological polar surface area (TPSA) is 58.9 Å². The van der Waals surface area contributed by atoms with Crippen molar-refractivity contribution in [2.24, 2.45) is 0 Å². The average Bonchev–Trinajstić information content (AvgIpc) is 2.50. The zero-order valence-corrected chi connectivity index (χ0v) is 12.3. The van der Waals surface area contributed by atoms with E-state index >= 15 is 0 Å². The molecule has 4 heteroatoms. The third-order valence-corrected chi connectivity index (χ3v) is 3.22. The van der Waals surface area contributed by atoms with Gasteiger partial charge in [-0.2, -0.15) is 0 Å². The van der Waals surface area contributed by atoms with Gasteiger partial charge in [-0.1, -0.05) is 31.7 Å². The lowest BCUT2D eigenvalue weighted by Crippen LogP contribution is -2.00. The molecule has 0 saturated carbocycles. The van der Waals surface area contributed by atoms with Crippen LogP contribution >= 0.6 is 0 Å². The number of benzene rings is 1. The Morgan fingerprint density at radius 1 is 0.900 bits per heavy atom. The summed E-state index contributed by atoms with van der Waals surface area (Å²) in [6.07, 6.45) is 6.53. The third-order valence-electron chi connectivity index (χ3n) is 3.22. The van der Waals surface area contributed by atoms with E-state index in [1.807, 2.05) is 12.1 Å². The van der Waals surface area contributed by atoms with Crippen LogP contribution in [0.5, 0.6) is 11.5 Å². The highest BCUT2D eigenvalue weighted by Crippen LogP contribution is 2.28. The SMILES string of the molecule is COc1cc(CO)ccc1OCCCCCCCCO. The van der Waals surface area contributed by atoms with Crippen LogP contribution in [0.2, 0.25) is 0 Å². The maximum Gasteiger partial charge on any atom is 0.161 e. The molecular weight excluding hydrogens is 256 g/mol. The van der Waals surface area contributed by atoms with E-state index in [9.17, 15) is 0 Å². The molecule has 0 aromatic heterocycles. The Hall–Kier alpha value is -1.26. The molecule has 4 nitrogen and oxygen atoms in total. The van der Waals surface area contributed by atoms with E-state index in [1.54, 1.807) is 13.2 Å². The number of methoxy groups -OCH3 is 1. The van der Waals surface area contributed by atoms with Crippen molar-refractivity contribution < 1.29 is 19.7 Å². The van der Waals surface area contributed by atoms with E-state index in [2.05, 4.69) is 0 Å². The second-order valence-electron chi connectivity index (χ2n) is 4.84.